The van der Waals surface area contributed by atoms with Crippen LogP contribution in [0.3, 0.4) is 0 Å². The number of benzene rings is 2. The molecule has 2 unspecified atom stereocenters. The van der Waals surface area contributed by atoms with Crippen molar-refractivity contribution in [1.29, 1.82) is 0 Å². The van der Waals surface area contributed by atoms with Crippen molar-refractivity contribution < 1.29 is 37.7 Å². The predicted octanol–water partition coefficient (Wildman–Crippen LogP) is 3.23. The molecule has 0 bridgehead atoms. The van der Waals surface area contributed by atoms with Gasteiger partial charge in [-0.05, 0) is 35.7 Å². The molecule has 156 valence electrons. The number of nitrogens with one attached hydrogen (secondary N) is 1. The number of amides is 1. The fourth-order valence-electron chi connectivity index (χ4n) is 2.56. The van der Waals surface area contributed by atoms with E-state index in [0.29, 0.717) is 12.1 Å². The van der Waals surface area contributed by atoms with Gasteiger partial charge in [-0.25, -0.2) is 4.79 Å². The number of alkyl carbamates (subject to hydrolysis) is 1. The lowest BCUT2D eigenvalue weighted by molar-refractivity contribution is -0.137. The van der Waals surface area contributed by atoms with Crippen LogP contribution in [0.5, 0.6) is 0 Å². The number of aliphatic hydroxyl groups is 2. The molecule has 0 aromatic heterocycles. The molecule has 3 N–H and O–H groups in total. The Labute approximate surface area is 164 Å². The molecule has 0 aliphatic carbocycles. The highest BCUT2D eigenvalue weighted by molar-refractivity contribution is 5.75. The Kier molecular flexibility index (Phi) is 7.74. The molecule has 2 atom stereocenters. The minimum absolute atomic E-state index is 0.0521. The van der Waals surface area contributed by atoms with Crippen LogP contribution in [0, 0.1) is 0 Å². The SMILES string of the molecule is O=Cc1cc(C(O)C(O)CCNC(=O)OCc2ccccc2)cc(C(F)(F)F)c1. The van der Waals surface area contributed by atoms with Crippen LogP contribution in [0.25, 0.3) is 0 Å². The standard InChI is InChI=1S/C20H20F3NO5/c21-20(22,23)16-9-14(11-25)8-15(10-16)18(27)17(26)6-7-24-19(28)29-12-13-4-2-1-3-5-13/h1-5,8-11,17-18,26-27H,6-7,12H2,(H,24,28). The molecule has 29 heavy (non-hydrogen) atoms. The van der Waals surface area contributed by atoms with Crippen LogP contribution >= 0.6 is 0 Å². The molecule has 0 saturated heterocycles. The number of aliphatic hydroxyl groups excluding tert-OH is 2. The summed E-state index contributed by atoms with van der Waals surface area (Å²) in [4.78, 5) is 22.5. The van der Waals surface area contributed by atoms with E-state index in [0.717, 1.165) is 11.6 Å². The number of halogens is 3. The topological polar surface area (TPSA) is 95.9 Å². The second kappa shape index (κ2) is 10.0. The summed E-state index contributed by atoms with van der Waals surface area (Å²) in [6.07, 6.45) is -8.50. The molecule has 2 rings (SSSR count). The monoisotopic (exact) mass is 411 g/mol. The Morgan fingerprint density at radius 3 is 2.45 bits per heavy atom. The van der Waals surface area contributed by atoms with E-state index in [1.165, 1.54) is 0 Å². The van der Waals surface area contributed by atoms with E-state index in [1.807, 2.05) is 6.07 Å². The number of hydrogen-bond acceptors (Lipinski definition) is 5. The van der Waals surface area contributed by atoms with Gasteiger partial charge in [-0.15, -0.1) is 0 Å². The number of ether oxygens (including phenoxy) is 1. The van der Waals surface area contributed by atoms with Gasteiger partial charge in [0.25, 0.3) is 0 Å². The number of carbonyl (C=O) groups is 2. The lowest BCUT2D eigenvalue weighted by atomic mass is 9.97. The molecule has 0 aliphatic heterocycles. The maximum atomic E-state index is 12.9. The van der Waals surface area contributed by atoms with E-state index in [4.69, 9.17) is 4.74 Å². The van der Waals surface area contributed by atoms with Crippen LogP contribution in [0.4, 0.5) is 18.0 Å². The molecule has 1 amide bonds. The normalized spacial score (nSPS) is 13.4. The molecule has 0 heterocycles. The molecule has 0 spiro atoms. The molecular weight excluding hydrogens is 391 g/mol. The van der Waals surface area contributed by atoms with Crippen molar-refractivity contribution >= 4 is 12.4 Å². The van der Waals surface area contributed by atoms with Crippen molar-refractivity contribution in [3.8, 4) is 0 Å². The van der Waals surface area contributed by atoms with Gasteiger partial charge in [-0.3, -0.25) is 4.79 Å². The van der Waals surface area contributed by atoms with Gasteiger partial charge in [0, 0.05) is 12.1 Å². The fraction of sp³-hybridized carbons (Fsp3) is 0.300. The van der Waals surface area contributed by atoms with Crippen LogP contribution in [-0.4, -0.2) is 35.2 Å². The zero-order valence-electron chi connectivity index (χ0n) is 15.2. The molecular formula is C20H20F3NO5. The average molecular weight is 411 g/mol. The van der Waals surface area contributed by atoms with Gasteiger partial charge < -0.3 is 20.3 Å². The maximum absolute atomic E-state index is 12.9. The molecule has 9 heteroatoms. The van der Waals surface area contributed by atoms with Crippen molar-refractivity contribution in [3.63, 3.8) is 0 Å². The average Bonchev–Trinajstić information content (AvgIpc) is 2.71. The smallest absolute Gasteiger partial charge is 0.416 e. The Morgan fingerprint density at radius 1 is 1.14 bits per heavy atom. The highest BCUT2D eigenvalue weighted by atomic mass is 19.4. The molecule has 0 saturated carbocycles. The maximum Gasteiger partial charge on any atom is 0.416 e. The largest absolute Gasteiger partial charge is 0.445 e. The summed E-state index contributed by atoms with van der Waals surface area (Å²) in [6.45, 7) is -0.0259. The van der Waals surface area contributed by atoms with Crippen LogP contribution in [0.15, 0.2) is 48.5 Å². The first-order valence-electron chi connectivity index (χ1n) is 8.68. The fourth-order valence-corrected chi connectivity index (χ4v) is 2.56. The third kappa shape index (κ3) is 6.88. The van der Waals surface area contributed by atoms with Crippen molar-refractivity contribution in [2.24, 2.45) is 0 Å². The summed E-state index contributed by atoms with van der Waals surface area (Å²) in [6, 6.07) is 11.3. The lowest BCUT2D eigenvalue weighted by Gasteiger charge is -2.20. The number of carbonyl (C=O) groups excluding carboxylic acids is 2. The first-order valence-corrected chi connectivity index (χ1v) is 8.68. The molecule has 0 radical (unpaired) electrons. The number of alkyl halides is 3. The zero-order chi connectivity index (χ0) is 21.4. The minimum atomic E-state index is -4.71. The Bertz CT molecular complexity index is 827. The first kappa shape index (κ1) is 22.4. The molecule has 0 aliphatic rings. The van der Waals surface area contributed by atoms with Gasteiger partial charge in [-0.1, -0.05) is 30.3 Å². The van der Waals surface area contributed by atoms with E-state index in [2.05, 4.69) is 5.32 Å². The van der Waals surface area contributed by atoms with Gasteiger partial charge in [0.05, 0.1) is 11.7 Å². The second-order valence-electron chi connectivity index (χ2n) is 6.29. The van der Waals surface area contributed by atoms with Gasteiger partial charge >= 0.3 is 12.3 Å². The van der Waals surface area contributed by atoms with E-state index in [-0.39, 0.29) is 37.0 Å². The minimum Gasteiger partial charge on any atom is -0.445 e. The summed E-state index contributed by atoms with van der Waals surface area (Å²) in [7, 11) is 0. The highest BCUT2D eigenvalue weighted by Gasteiger charge is 2.32. The summed E-state index contributed by atoms with van der Waals surface area (Å²) in [5, 5.41) is 22.6. The summed E-state index contributed by atoms with van der Waals surface area (Å²) in [5.74, 6) is 0. The van der Waals surface area contributed by atoms with E-state index in [1.54, 1.807) is 24.3 Å². The lowest BCUT2D eigenvalue weighted by Crippen LogP contribution is -2.30. The molecule has 0 fully saturated rings. The molecule has 6 nitrogen and oxygen atoms in total. The van der Waals surface area contributed by atoms with E-state index >= 15 is 0 Å². The summed E-state index contributed by atoms with van der Waals surface area (Å²) < 4.78 is 43.7. The quantitative estimate of drug-likeness (QED) is 0.580. The Morgan fingerprint density at radius 2 is 1.83 bits per heavy atom. The van der Waals surface area contributed by atoms with Crippen molar-refractivity contribution in [1.82, 2.24) is 5.32 Å². The first-order chi connectivity index (χ1) is 13.7. The predicted molar refractivity (Wildman–Crippen MR) is 97.0 cm³/mol. The van der Waals surface area contributed by atoms with E-state index < -0.39 is 30.0 Å². The third-order valence-corrected chi connectivity index (χ3v) is 4.07. The van der Waals surface area contributed by atoms with Crippen LogP contribution < -0.4 is 5.32 Å². The highest BCUT2D eigenvalue weighted by Crippen LogP contribution is 2.32. The second-order valence-corrected chi connectivity index (χ2v) is 6.29. The number of rotatable bonds is 8. The van der Waals surface area contributed by atoms with Gasteiger partial charge in [-0.2, -0.15) is 13.2 Å². The number of aldehydes is 1. The van der Waals surface area contributed by atoms with Crippen molar-refractivity contribution in [2.45, 2.75) is 31.4 Å². The molecule has 2 aromatic rings. The van der Waals surface area contributed by atoms with Gasteiger partial charge in [0.15, 0.2) is 0 Å². The van der Waals surface area contributed by atoms with Crippen LogP contribution in [0.1, 0.15) is 39.6 Å². The summed E-state index contributed by atoms with van der Waals surface area (Å²) >= 11 is 0. The third-order valence-electron chi connectivity index (χ3n) is 4.07. The van der Waals surface area contributed by atoms with Crippen LogP contribution in [0.2, 0.25) is 0 Å². The van der Waals surface area contributed by atoms with E-state index in [9.17, 15) is 33.0 Å². The molecule has 2 aromatic carbocycles. The summed E-state index contributed by atoms with van der Waals surface area (Å²) in [5.41, 5.74) is -0.843. The Balaban J connectivity index is 1.88. The zero-order valence-corrected chi connectivity index (χ0v) is 15.2. The van der Waals surface area contributed by atoms with Crippen molar-refractivity contribution in [3.05, 3.63) is 70.8 Å². The number of hydrogen-bond donors (Lipinski definition) is 3. The van der Waals surface area contributed by atoms with Crippen molar-refractivity contribution in [2.75, 3.05) is 6.54 Å². The van der Waals surface area contributed by atoms with Crippen LogP contribution in [-0.2, 0) is 17.5 Å². The van der Waals surface area contributed by atoms with Gasteiger partial charge in [0.1, 0.15) is 19.0 Å². The van der Waals surface area contributed by atoms with Gasteiger partial charge in [0.2, 0.25) is 0 Å². The Hall–Kier alpha value is -2.91.